The van der Waals surface area contributed by atoms with Crippen LogP contribution in [0.25, 0.3) is 0 Å². The fourth-order valence-corrected chi connectivity index (χ4v) is 2.70. The third kappa shape index (κ3) is 2.78. The van der Waals surface area contributed by atoms with Crippen molar-refractivity contribution in [3.8, 4) is 0 Å². The Morgan fingerprint density at radius 3 is 2.45 bits per heavy atom. The monoisotopic (exact) mass is 294 g/mol. The number of aryl methyl sites for hydroxylation is 1. The first-order chi connectivity index (χ1) is 10.7. The van der Waals surface area contributed by atoms with Crippen molar-refractivity contribution in [2.75, 3.05) is 4.90 Å². The summed E-state index contributed by atoms with van der Waals surface area (Å²) < 4.78 is 0. The lowest BCUT2D eigenvalue weighted by atomic mass is 10.2. The minimum atomic E-state index is -0.452. The van der Waals surface area contributed by atoms with Crippen LogP contribution >= 0.6 is 0 Å². The van der Waals surface area contributed by atoms with Gasteiger partial charge in [-0.2, -0.15) is 0 Å². The molecule has 0 aromatic heterocycles. The first-order valence-corrected chi connectivity index (χ1v) is 7.36. The van der Waals surface area contributed by atoms with E-state index in [4.69, 9.17) is 0 Å². The van der Waals surface area contributed by atoms with E-state index >= 15 is 0 Å². The summed E-state index contributed by atoms with van der Waals surface area (Å²) >= 11 is 0. The lowest BCUT2D eigenvalue weighted by Crippen LogP contribution is -2.38. The molecular weight excluding hydrogens is 276 g/mol. The van der Waals surface area contributed by atoms with Crippen molar-refractivity contribution >= 4 is 17.5 Å². The molecule has 2 aromatic carbocycles. The standard InChI is InChI=1S/C18H18N2O2/c1-13-7-5-6-10-16(13)20-17(21)11-15(18(20)22)19-12-14-8-3-2-4-9-14/h2-10,15,19H,11-12H2,1H3/t15-/m1/s1. The van der Waals surface area contributed by atoms with Crippen molar-refractivity contribution in [1.29, 1.82) is 0 Å². The van der Waals surface area contributed by atoms with Crippen LogP contribution in [-0.2, 0) is 16.1 Å². The molecule has 1 N–H and O–H groups in total. The van der Waals surface area contributed by atoms with Gasteiger partial charge in [0.05, 0.1) is 18.2 Å². The van der Waals surface area contributed by atoms with E-state index in [2.05, 4.69) is 5.32 Å². The van der Waals surface area contributed by atoms with E-state index in [1.807, 2.05) is 61.5 Å². The molecule has 1 saturated heterocycles. The molecule has 1 aliphatic rings. The van der Waals surface area contributed by atoms with Gasteiger partial charge in [0.1, 0.15) is 0 Å². The Balaban J connectivity index is 1.73. The first kappa shape index (κ1) is 14.5. The number of carbonyl (C=O) groups is 2. The molecule has 4 nitrogen and oxygen atoms in total. The van der Waals surface area contributed by atoms with Gasteiger partial charge >= 0.3 is 0 Å². The average molecular weight is 294 g/mol. The molecular formula is C18H18N2O2. The topological polar surface area (TPSA) is 49.4 Å². The lowest BCUT2D eigenvalue weighted by molar-refractivity contribution is -0.121. The van der Waals surface area contributed by atoms with Gasteiger partial charge in [-0.25, -0.2) is 4.90 Å². The Labute approximate surface area is 129 Å². The molecule has 0 radical (unpaired) electrons. The molecule has 0 aliphatic carbocycles. The van der Waals surface area contributed by atoms with E-state index in [-0.39, 0.29) is 18.2 Å². The van der Waals surface area contributed by atoms with Crippen LogP contribution in [-0.4, -0.2) is 17.9 Å². The molecule has 0 saturated carbocycles. The predicted octanol–water partition coefficient (Wildman–Crippen LogP) is 2.42. The zero-order valence-corrected chi connectivity index (χ0v) is 12.5. The zero-order valence-electron chi connectivity index (χ0n) is 12.5. The molecule has 0 bridgehead atoms. The van der Waals surface area contributed by atoms with Crippen molar-refractivity contribution < 1.29 is 9.59 Å². The highest BCUT2D eigenvalue weighted by atomic mass is 16.2. The van der Waals surface area contributed by atoms with E-state index in [1.165, 1.54) is 4.90 Å². The molecule has 2 amide bonds. The van der Waals surface area contributed by atoms with Crippen molar-refractivity contribution in [2.45, 2.75) is 25.9 Å². The van der Waals surface area contributed by atoms with Gasteiger partial charge in [0.25, 0.3) is 5.91 Å². The van der Waals surface area contributed by atoms with Gasteiger partial charge in [-0.05, 0) is 24.1 Å². The second kappa shape index (κ2) is 6.12. The highest BCUT2D eigenvalue weighted by Gasteiger charge is 2.39. The summed E-state index contributed by atoms with van der Waals surface area (Å²) in [6, 6.07) is 16.9. The highest BCUT2D eigenvalue weighted by molar-refractivity contribution is 6.22. The van der Waals surface area contributed by atoms with E-state index in [1.54, 1.807) is 0 Å². The molecule has 1 heterocycles. The number of hydrogen-bond acceptors (Lipinski definition) is 3. The maximum atomic E-state index is 12.5. The van der Waals surface area contributed by atoms with Gasteiger partial charge in [-0.3, -0.25) is 9.59 Å². The van der Waals surface area contributed by atoms with Crippen molar-refractivity contribution in [1.82, 2.24) is 5.32 Å². The number of para-hydroxylation sites is 1. The summed E-state index contributed by atoms with van der Waals surface area (Å²) in [5.41, 5.74) is 2.70. The molecule has 2 aromatic rings. The Kier molecular flexibility index (Phi) is 4.02. The number of carbonyl (C=O) groups excluding carboxylic acids is 2. The second-order valence-electron chi connectivity index (χ2n) is 5.48. The van der Waals surface area contributed by atoms with Gasteiger partial charge in [0, 0.05) is 6.54 Å². The van der Waals surface area contributed by atoms with E-state index < -0.39 is 6.04 Å². The van der Waals surface area contributed by atoms with Gasteiger partial charge < -0.3 is 5.32 Å². The van der Waals surface area contributed by atoms with Crippen LogP contribution in [0.3, 0.4) is 0 Å². The molecule has 1 fully saturated rings. The molecule has 1 aliphatic heterocycles. The number of amides is 2. The number of rotatable bonds is 4. The molecule has 0 unspecified atom stereocenters. The lowest BCUT2D eigenvalue weighted by Gasteiger charge is -2.17. The summed E-state index contributed by atoms with van der Waals surface area (Å²) in [7, 11) is 0. The van der Waals surface area contributed by atoms with Crippen LogP contribution < -0.4 is 10.2 Å². The molecule has 1 atom stereocenters. The third-order valence-electron chi connectivity index (χ3n) is 3.90. The largest absolute Gasteiger partial charge is 0.301 e. The van der Waals surface area contributed by atoms with Gasteiger partial charge in [0.2, 0.25) is 5.91 Å². The van der Waals surface area contributed by atoms with Crippen LogP contribution in [0, 0.1) is 6.92 Å². The predicted molar refractivity (Wildman–Crippen MR) is 85.4 cm³/mol. The maximum absolute atomic E-state index is 12.5. The van der Waals surface area contributed by atoms with Crippen molar-refractivity contribution in [3.05, 3.63) is 65.7 Å². The van der Waals surface area contributed by atoms with Crippen LogP contribution in [0.5, 0.6) is 0 Å². The average Bonchev–Trinajstić information content (AvgIpc) is 2.81. The highest BCUT2D eigenvalue weighted by Crippen LogP contribution is 2.26. The Morgan fingerprint density at radius 2 is 1.73 bits per heavy atom. The van der Waals surface area contributed by atoms with Gasteiger partial charge in [0.15, 0.2) is 0 Å². The second-order valence-corrected chi connectivity index (χ2v) is 5.48. The van der Waals surface area contributed by atoms with E-state index in [9.17, 15) is 9.59 Å². The summed E-state index contributed by atoms with van der Waals surface area (Å²) in [5.74, 6) is -0.319. The van der Waals surface area contributed by atoms with Crippen LogP contribution in [0.2, 0.25) is 0 Å². The number of benzene rings is 2. The fraction of sp³-hybridized carbons (Fsp3) is 0.222. The fourth-order valence-electron chi connectivity index (χ4n) is 2.70. The molecule has 0 spiro atoms. The van der Waals surface area contributed by atoms with Crippen LogP contribution in [0.15, 0.2) is 54.6 Å². The molecule has 4 heteroatoms. The number of imide groups is 1. The zero-order chi connectivity index (χ0) is 15.5. The summed E-state index contributed by atoms with van der Waals surface area (Å²) in [4.78, 5) is 26.1. The first-order valence-electron chi connectivity index (χ1n) is 7.36. The molecule has 22 heavy (non-hydrogen) atoms. The molecule has 112 valence electrons. The summed E-state index contributed by atoms with van der Waals surface area (Å²) in [6.45, 7) is 2.48. The Bertz CT molecular complexity index is 697. The molecule has 3 rings (SSSR count). The van der Waals surface area contributed by atoms with E-state index in [0.29, 0.717) is 12.2 Å². The van der Waals surface area contributed by atoms with Gasteiger partial charge in [-0.1, -0.05) is 48.5 Å². The van der Waals surface area contributed by atoms with Crippen molar-refractivity contribution in [3.63, 3.8) is 0 Å². The summed E-state index contributed by atoms with van der Waals surface area (Å²) in [5, 5.41) is 3.19. The van der Waals surface area contributed by atoms with E-state index in [0.717, 1.165) is 11.1 Å². The normalized spacial score (nSPS) is 18.0. The number of hydrogen-bond donors (Lipinski definition) is 1. The minimum Gasteiger partial charge on any atom is -0.301 e. The maximum Gasteiger partial charge on any atom is 0.251 e. The SMILES string of the molecule is Cc1ccccc1N1C(=O)C[C@@H](NCc2ccccc2)C1=O. The third-order valence-corrected chi connectivity index (χ3v) is 3.90. The van der Waals surface area contributed by atoms with Gasteiger partial charge in [-0.15, -0.1) is 0 Å². The number of anilines is 1. The van der Waals surface area contributed by atoms with Crippen molar-refractivity contribution in [2.24, 2.45) is 0 Å². The minimum absolute atomic E-state index is 0.148. The quantitative estimate of drug-likeness (QED) is 0.881. The Morgan fingerprint density at radius 1 is 1.05 bits per heavy atom. The Hall–Kier alpha value is -2.46. The van der Waals surface area contributed by atoms with Crippen LogP contribution in [0.4, 0.5) is 5.69 Å². The number of nitrogens with one attached hydrogen (secondary N) is 1. The summed E-state index contributed by atoms with van der Waals surface area (Å²) in [6.07, 6.45) is 0.208. The smallest absolute Gasteiger partial charge is 0.251 e. The number of nitrogens with zero attached hydrogens (tertiary/aromatic N) is 1. The van der Waals surface area contributed by atoms with Crippen LogP contribution in [0.1, 0.15) is 17.5 Å².